The average Bonchev–Trinajstić information content (AvgIpc) is 3.13. The minimum Gasteiger partial charge on any atom is -0.339 e. The minimum absolute atomic E-state index is 0.735. The van der Waals surface area contributed by atoms with E-state index in [-0.39, 0.29) is 0 Å². The van der Waals surface area contributed by atoms with E-state index < -0.39 is 0 Å². The van der Waals surface area contributed by atoms with E-state index >= 15 is 0 Å². The number of rotatable bonds is 4. The lowest BCUT2D eigenvalue weighted by Gasteiger charge is -2.35. The Hall–Kier alpha value is -2.37. The molecule has 1 fully saturated rings. The molecule has 1 aromatic carbocycles. The quantitative estimate of drug-likeness (QED) is 0.721. The Morgan fingerprint density at radius 3 is 2.52 bits per heavy atom. The summed E-state index contributed by atoms with van der Waals surface area (Å²) in [7, 11) is 0. The second kappa shape index (κ2) is 7.25. The van der Waals surface area contributed by atoms with Crippen molar-refractivity contribution >= 4 is 17.5 Å². The molecule has 0 spiro atoms. The first-order valence-corrected chi connectivity index (χ1v) is 8.83. The van der Waals surface area contributed by atoms with Crippen LogP contribution in [-0.2, 0) is 6.54 Å². The zero-order chi connectivity index (χ0) is 17.1. The van der Waals surface area contributed by atoms with Gasteiger partial charge < -0.3 is 4.90 Å². The molecule has 1 aliphatic rings. The third-order valence-electron chi connectivity index (χ3n) is 4.52. The molecule has 5 nitrogen and oxygen atoms in total. The maximum atomic E-state index is 6.14. The van der Waals surface area contributed by atoms with E-state index in [2.05, 4.69) is 42.5 Å². The minimum atomic E-state index is 0.735. The summed E-state index contributed by atoms with van der Waals surface area (Å²) in [6.07, 6.45) is 7.55. The molecule has 4 rings (SSSR count). The van der Waals surface area contributed by atoms with Crippen LogP contribution in [0.4, 0.5) is 5.95 Å². The van der Waals surface area contributed by atoms with Gasteiger partial charge >= 0.3 is 0 Å². The zero-order valence-corrected chi connectivity index (χ0v) is 14.7. The highest BCUT2D eigenvalue weighted by molar-refractivity contribution is 6.30. The number of aromatic nitrogens is 3. The van der Waals surface area contributed by atoms with Crippen LogP contribution in [-0.4, -0.2) is 45.6 Å². The van der Waals surface area contributed by atoms with Crippen molar-refractivity contribution in [2.45, 2.75) is 6.54 Å². The fourth-order valence-corrected chi connectivity index (χ4v) is 3.39. The average molecular weight is 354 g/mol. The van der Waals surface area contributed by atoms with E-state index in [0.717, 1.165) is 49.4 Å². The largest absolute Gasteiger partial charge is 0.339 e. The maximum Gasteiger partial charge on any atom is 0.210 e. The van der Waals surface area contributed by atoms with Crippen molar-refractivity contribution in [2.75, 3.05) is 31.1 Å². The highest BCUT2D eigenvalue weighted by Gasteiger charge is 2.20. The van der Waals surface area contributed by atoms with Crippen LogP contribution in [0.2, 0.25) is 5.02 Å². The highest BCUT2D eigenvalue weighted by atomic mass is 35.5. The van der Waals surface area contributed by atoms with E-state index in [1.54, 1.807) is 0 Å². The van der Waals surface area contributed by atoms with Gasteiger partial charge in [-0.05, 0) is 35.9 Å². The van der Waals surface area contributed by atoms with Crippen LogP contribution < -0.4 is 4.90 Å². The Balaban J connectivity index is 1.44. The molecule has 1 saturated heterocycles. The van der Waals surface area contributed by atoms with Crippen LogP contribution in [0.15, 0.2) is 61.2 Å². The Morgan fingerprint density at radius 1 is 0.960 bits per heavy atom. The van der Waals surface area contributed by atoms with Gasteiger partial charge in [0.25, 0.3) is 0 Å². The van der Waals surface area contributed by atoms with Crippen LogP contribution >= 0.6 is 11.6 Å². The van der Waals surface area contributed by atoms with Crippen LogP contribution in [0.25, 0.3) is 5.69 Å². The van der Waals surface area contributed by atoms with Crippen molar-refractivity contribution in [3.05, 3.63) is 71.8 Å². The van der Waals surface area contributed by atoms with Crippen molar-refractivity contribution in [1.82, 2.24) is 19.4 Å². The number of nitrogens with zero attached hydrogens (tertiary/aromatic N) is 5. The molecule has 0 bridgehead atoms. The van der Waals surface area contributed by atoms with Gasteiger partial charge in [0.15, 0.2) is 0 Å². The molecule has 0 atom stereocenters. The summed E-state index contributed by atoms with van der Waals surface area (Å²) in [4.78, 5) is 13.5. The number of halogens is 1. The Kier molecular flexibility index (Phi) is 4.68. The van der Waals surface area contributed by atoms with Crippen LogP contribution in [0.3, 0.4) is 0 Å². The summed E-state index contributed by atoms with van der Waals surface area (Å²) in [5, 5.41) is 0.735. The summed E-state index contributed by atoms with van der Waals surface area (Å²) in [6.45, 7) is 4.93. The molecule has 1 aliphatic heterocycles. The molecule has 0 unspecified atom stereocenters. The fourth-order valence-electron chi connectivity index (χ4n) is 3.21. The first-order chi connectivity index (χ1) is 12.3. The van der Waals surface area contributed by atoms with Gasteiger partial charge in [-0.25, -0.2) is 4.98 Å². The van der Waals surface area contributed by atoms with Crippen molar-refractivity contribution in [2.24, 2.45) is 0 Å². The molecule has 0 N–H and O–H groups in total. The fraction of sp³-hybridized carbons (Fsp3) is 0.263. The lowest BCUT2D eigenvalue weighted by molar-refractivity contribution is 0.248. The van der Waals surface area contributed by atoms with Crippen LogP contribution in [0.1, 0.15) is 5.56 Å². The SMILES string of the molecule is Clc1cccc(-n2ccnc2N2CCN(Cc3ccncc3)CC2)c1. The van der Waals surface area contributed by atoms with Gasteiger partial charge in [-0.15, -0.1) is 0 Å². The standard InChI is InChI=1S/C19H20ClN5/c20-17-2-1-3-18(14-17)25-9-8-22-19(25)24-12-10-23(11-13-24)15-16-4-6-21-7-5-16/h1-9,14H,10-13,15H2. The second-order valence-electron chi connectivity index (χ2n) is 6.20. The molecule has 0 radical (unpaired) electrons. The molecule has 6 heteroatoms. The van der Waals surface area contributed by atoms with E-state index in [9.17, 15) is 0 Å². The van der Waals surface area contributed by atoms with Crippen LogP contribution in [0.5, 0.6) is 0 Å². The van der Waals surface area contributed by atoms with Gasteiger partial charge in [0.1, 0.15) is 0 Å². The van der Waals surface area contributed by atoms with Gasteiger partial charge in [-0.1, -0.05) is 17.7 Å². The first-order valence-electron chi connectivity index (χ1n) is 8.45. The number of pyridine rings is 1. The molecule has 3 heterocycles. The lowest BCUT2D eigenvalue weighted by atomic mass is 10.2. The van der Waals surface area contributed by atoms with Crippen molar-refractivity contribution < 1.29 is 0 Å². The van der Waals surface area contributed by atoms with Gasteiger partial charge in [0.2, 0.25) is 5.95 Å². The third kappa shape index (κ3) is 3.67. The monoisotopic (exact) mass is 353 g/mol. The van der Waals surface area contributed by atoms with Crippen molar-refractivity contribution in [3.63, 3.8) is 0 Å². The zero-order valence-electron chi connectivity index (χ0n) is 13.9. The second-order valence-corrected chi connectivity index (χ2v) is 6.63. The maximum absolute atomic E-state index is 6.14. The summed E-state index contributed by atoms with van der Waals surface area (Å²) in [5.74, 6) is 0.978. The van der Waals surface area contributed by atoms with Gasteiger partial charge in [-0.2, -0.15) is 0 Å². The Labute approximate surface area is 152 Å². The smallest absolute Gasteiger partial charge is 0.210 e. The molecular formula is C19H20ClN5. The predicted molar refractivity (Wildman–Crippen MR) is 100 cm³/mol. The topological polar surface area (TPSA) is 37.2 Å². The Bertz CT molecular complexity index is 825. The number of piperazine rings is 1. The van der Waals surface area contributed by atoms with Gasteiger partial charge in [0, 0.05) is 68.2 Å². The predicted octanol–water partition coefficient (Wildman–Crippen LogP) is 3.24. The molecule has 2 aromatic heterocycles. The highest BCUT2D eigenvalue weighted by Crippen LogP contribution is 2.22. The van der Waals surface area contributed by atoms with Crippen molar-refractivity contribution in [1.29, 1.82) is 0 Å². The summed E-state index contributed by atoms with van der Waals surface area (Å²) in [6, 6.07) is 12.0. The number of hydrogen-bond acceptors (Lipinski definition) is 4. The normalized spacial score (nSPS) is 15.5. The number of anilines is 1. The summed E-state index contributed by atoms with van der Waals surface area (Å²) < 4.78 is 2.10. The molecule has 0 amide bonds. The molecule has 0 saturated carbocycles. The number of hydrogen-bond donors (Lipinski definition) is 0. The van der Waals surface area contributed by atoms with E-state index in [4.69, 9.17) is 11.6 Å². The van der Waals surface area contributed by atoms with E-state index in [1.807, 2.05) is 43.0 Å². The van der Waals surface area contributed by atoms with Crippen LogP contribution in [0, 0.1) is 0 Å². The number of benzene rings is 1. The number of imidazole rings is 1. The molecular weight excluding hydrogens is 334 g/mol. The summed E-state index contributed by atoms with van der Waals surface area (Å²) in [5.41, 5.74) is 2.35. The van der Waals surface area contributed by atoms with Gasteiger partial charge in [-0.3, -0.25) is 14.5 Å². The first kappa shape index (κ1) is 16.1. The molecule has 25 heavy (non-hydrogen) atoms. The molecule has 3 aromatic rings. The van der Waals surface area contributed by atoms with E-state index in [1.165, 1.54) is 5.56 Å². The molecule has 128 valence electrons. The summed E-state index contributed by atoms with van der Waals surface area (Å²) >= 11 is 6.14. The Morgan fingerprint density at radius 2 is 1.76 bits per heavy atom. The van der Waals surface area contributed by atoms with Crippen molar-refractivity contribution in [3.8, 4) is 5.69 Å². The molecule has 0 aliphatic carbocycles. The lowest BCUT2D eigenvalue weighted by Crippen LogP contribution is -2.46. The van der Waals surface area contributed by atoms with E-state index in [0.29, 0.717) is 0 Å². The third-order valence-corrected chi connectivity index (χ3v) is 4.75. The van der Waals surface area contributed by atoms with Gasteiger partial charge in [0.05, 0.1) is 0 Å².